The number of hydrogen-bond acceptors (Lipinski definition) is 3. The Hall–Kier alpha value is -1.36. The van der Waals surface area contributed by atoms with Crippen LogP contribution < -0.4 is 4.90 Å². The Morgan fingerprint density at radius 2 is 1.86 bits per heavy atom. The van der Waals surface area contributed by atoms with Gasteiger partial charge in [0.15, 0.2) is 0 Å². The number of fused-ring (bicyclic) bond motifs is 1. The lowest BCUT2D eigenvalue weighted by Crippen LogP contribution is -2.44. The maximum absolute atomic E-state index is 6.12. The molecule has 2 aromatic rings. The van der Waals surface area contributed by atoms with Crippen molar-refractivity contribution in [1.29, 1.82) is 0 Å². The third-order valence-corrected chi connectivity index (χ3v) is 6.87. The van der Waals surface area contributed by atoms with E-state index in [1.807, 2.05) is 0 Å². The van der Waals surface area contributed by atoms with Gasteiger partial charge in [0, 0.05) is 35.8 Å². The molecule has 2 aliphatic rings. The fourth-order valence-electron chi connectivity index (χ4n) is 4.57. The van der Waals surface area contributed by atoms with Gasteiger partial charge >= 0.3 is 0 Å². The highest BCUT2D eigenvalue weighted by Gasteiger charge is 2.25. The number of benzene rings is 2. The summed E-state index contributed by atoms with van der Waals surface area (Å²) in [7, 11) is 2.29. The van der Waals surface area contributed by atoms with Crippen LogP contribution in [0.4, 0.5) is 5.69 Å². The van der Waals surface area contributed by atoms with Gasteiger partial charge in [0.1, 0.15) is 0 Å². The maximum Gasteiger partial charge on any atom is 0.0839 e. The van der Waals surface area contributed by atoms with Crippen molar-refractivity contribution in [2.75, 3.05) is 38.2 Å². The molecule has 0 aliphatic carbocycles. The minimum absolute atomic E-state index is 0.243. The van der Waals surface area contributed by atoms with Gasteiger partial charge in [-0.15, -0.1) is 0 Å². The van der Waals surface area contributed by atoms with E-state index in [-0.39, 0.29) is 6.10 Å². The van der Waals surface area contributed by atoms with Crippen LogP contribution in [-0.2, 0) is 11.2 Å². The van der Waals surface area contributed by atoms with Crippen LogP contribution in [0.15, 0.2) is 46.9 Å². The molecule has 1 saturated heterocycles. The van der Waals surface area contributed by atoms with Crippen molar-refractivity contribution in [3.8, 4) is 0 Å². The molecule has 0 saturated carbocycles. The van der Waals surface area contributed by atoms with Gasteiger partial charge < -0.3 is 14.5 Å². The molecule has 0 spiro atoms. The Balaban J connectivity index is 1.29. The van der Waals surface area contributed by atoms with Gasteiger partial charge in [0.2, 0.25) is 0 Å². The summed E-state index contributed by atoms with van der Waals surface area (Å²) in [6.45, 7) is 6.38. The van der Waals surface area contributed by atoms with E-state index in [1.165, 1.54) is 39.7 Å². The Morgan fingerprint density at radius 1 is 1.11 bits per heavy atom. The van der Waals surface area contributed by atoms with Crippen LogP contribution in [0, 0.1) is 6.92 Å². The number of piperidine rings is 1. The number of nitrogens with zero attached hydrogens (tertiary/aromatic N) is 2. The smallest absolute Gasteiger partial charge is 0.0839 e. The van der Waals surface area contributed by atoms with Crippen LogP contribution in [0.3, 0.4) is 0 Å². The molecule has 4 heteroatoms. The van der Waals surface area contributed by atoms with Crippen LogP contribution >= 0.6 is 15.9 Å². The summed E-state index contributed by atoms with van der Waals surface area (Å²) in [5, 5.41) is 0. The Kier molecular flexibility index (Phi) is 6.39. The van der Waals surface area contributed by atoms with Crippen LogP contribution in [0.1, 0.15) is 42.1 Å². The lowest BCUT2D eigenvalue weighted by atomic mass is 9.95. The number of rotatable bonds is 5. The van der Waals surface area contributed by atoms with Crippen LogP contribution in [0.5, 0.6) is 0 Å². The van der Waals surface area contributed by atoms with E-state index >= 15 is 0 Å². The highest BCUT2D eigenvalue weighted by Crippen LogP contribution is 2.32. The average molecular weight is 443 g/mol. The maximum atomic E-state index is 6.12. The zero-order chi connectivity index (χ0) is 19.5. The molecular formula is C24H31BrN2O. The van der Waals surface area contributed by atoms with Crippen molar-refractivity contribution in [2.24, 2.45) is 0 Å². The van der Waals surface area contributed by atoms with E-state index in [0.29, 0.717) is 6.04 Å². The van der Waals surface area contributed by atoms with Gasteiger partial charge in [-0.05, 0) is 75.0 Å². The van der Waals surface area contributed by atoms with Gasteiger partial charge in [-0.3, -0.25) is 0 Å². The molecule has 0 aromatic heterocycles. The molecule has 2 aliphatic heterocycles. The molecule has 0 radical (unpaired) electrons. The van der Waals surface area contributed by atoms with Gasteiger partial charge in [0.25, 0.3) is 0 Å². The second kappa shape index (κ2) is 8.98. The summed E-state index contributed by atoms with van der Waals surface area (Å²) in [4.78, 5) is 5.09. The molecule has 28 heavy (non-hydrogen) atoms. The van der Waals surface area contributed by atoms with Crippen LogP contribution in [-0.4, -0.2) is 44.2 Å². The molecule has 0 bridgehead atoms. The summed E-state index contributed by atoms with van der Waals surface area (Å²) < 4.78 is 7.29. The van der Waals surface area contributed by atoms with Crippen molar-refractivity contribution in [3.63, 3.8) is 0 Å². The number of hydrogen-bond donors (Lipinski definition) is 0. The van der Waals surface area contributed by atoms with E-state index in [1.54, 1.807) is 0 Å². The van der Waals surface area contributed by atoms with Crippen molar-refractivity contribution < 1.29 is 4.74 Å². The third-order valence-electron chi connectivity index (χ3n) is 6.37. The number of anilines is 1. The summed E-state index contributed by atoms with van der Waals surface area (Å²) in [5.41, 5.74) is 5.53. The lowest BCUT2D eigenvalue weighted by molar-refractivity contribution is 0.0273. The quantitative estimate of drug-likeness (QED) is 0.619. The average Bonchev–Trinajstić information content (AvgIpc) is 2.72. The topological polar surface area (TPSA) is 15.7 Å². The van der Waals surface area contributed by atoms with Gasteiger partial charge in [-0.2, -0.15) is 0 Å². The predicted molar refractivity (Wildman–Crippen MR) is 120 cm³/mol. The summed E-state index contributed by atoms with van der Waals surface area (Å²) >= 11 is 3.60. The molecule has 0 unspecified atom stereocenters. The molecule has 150 valence electrons. The van der Waals surface area contributed by atoms with Gasteiger partial charge in [-0.1, -0.05) is 39.7 Å². The second-order valence-corrected chi connectivity index (χ2v) is 9.19. The Bertz CT molecular complexity index is 784. The molecule has 2 heterocycles. The second-order valence-electron chi connectivity index (χ2n) is 8.28. The summed E-state index contributed by atoms with van der Waals surface area (Å²) in [6.07, 6.45) is 4.81. The van der Waals surface area contributed by atoms with E-state index in [2.05, 4.69) is 82.2 Å². The summed E-state index contributed by atoms with van der Waals surface area (Å²) in [6, 6.07) is 16.3. The Labute approximate surface area is 177 Å². The molecule has 3 nitrogen and oxygen atoms in total. The standard InChI is InChI=1S/C24H31BrN2O/c1-18-3-6-22(7-4-18)27-14-9-21(10-15-27)26(2)13-11-24-23-8-5-20(25)17-19(23)12-16-28-24/h3-8,17,21,24H,9-16H2,1-2H3/t24-/m0/s1. The first kappa shape index (κ1) is 19.9. The van der Waals surface area contributed by atoms with E-state index in [4.69, 9.17) is 4.74 Å². The molecule has 2 aromatic carbocycles. The van der Waals surface area contributed by atoms with Crippen molar-refractivity contribution in [1.82, 2.24) is 4.90 Å². The van der Waals surface area contributed by atoms with Crippen molar-refractivity contribution in [2.45, 2.75) is 44.8 Å². The van der Waals surface area contributed by atoms with Crippen LogP contribution in [0.2, 0.25) is 0 Å². The molecular weight excluding hydrogens is 412 g/mol. The molecule has 1 fully saturated rings. The van der Waals surface area contributed by atoms with Crippen molar-refractivity contribution >= 4 is 21.6 Å². The number of ether oxygens (including phenoxy) is 1. The molecule has 0 N–H and O–H groups in total. The number of halogens is 1. The third kappa shape index (κ3) is 4.61. The zero-order valence-electron chi connectivity index (χ0n) is 17.0. The minimum atomic E-state index is 0.243. The van der Waals surface area contributed by atoms with E-state index < -0.39 is 0 Å². The van der Waals surface area contributed by atoms with E-state index in [0.717, 1.165) is 39.1 Å². The first-order valence-corrected chi connectivity index (χ1v) is 11.3. The fraction of sp³-hybridized carbons (Fsp3) is 0.500. The predicted octanol–water partition coefficient (Wildman–Crippen LogP) is 5.36. The Morgan fingerprint density at radius 3 is 2.61 bits per heavy atom. The van der Waals surface area contributed by atoms with E-state index in [9.17, 15) is 0 Å². The molecule has 1 atom stereocenters. The van der Waals surface area contributed by atoms with Gasteiger partial charge in [0.05, 0.1) is 12.7 Å². The minimum Gasteiger partial charge on any atom is -0.373 e. The SMILES string of the molecule is Cc1ccc(N2CCC(N(C)CC[C@@H]3OCCc4cc(Br)ccc43)CC2)cc1. The zero-order valence-corrected chi connectivity index (χ0v) is 18.6. The largest absolute Gasteiger partial charge is 0.373 e. The number of aryl methyl sites for hydroxylation is 1. The monoisotopic (exact) mass is 442 g/mol. The first-order valence-electron chi connectivity index (χ1n) is 10.5. The highest BCUT2D eigenvalue weighted by molar-refractivity contribution is 9.10. The summed E-state index contributed by atoms with van der Waals surface area (Å²) in [5.74, 6) is 0. The van der Waals surface area contributed by atoms with Crippen molar-refractivity contribution in [3.05, 3.63) is 63.6 Å². The highest BCUT2D eigenvalue weighted by atomic mass is 79.9. The molecule has 4 rings (SSSR count). The lowest BCUT2D eigenvalue weighted by Gasteiger charge is -2.38. The first-order chi connectivity index (χ1) is 13.6. The normalized spacial score (nSPS) is 20.4. The fourth-order valence-corrected chi connectivity index (χ4v) is 4.98. The molecule has 0 amide bonds. The van der Waals surface area contributed by atoms with Gasteiger partial charge in [-0.25, -0.2) is 0 Å². The van der Waals surface area contributed by atoms with Crippen LogP contribution in [0.25, 0.3) is 0 Å².